The number of thiophene rings is 1. The van der Waals surface area contributed by atoms with E-state index in [4.69, 9.17) is 0 Å². The average molecular weight is 304 g/mol. The second-order valence-corrected chi connectivity index (χ2v) is 7.63. The van der Waals surface area contributed by atoms with Crippen LogP contribution in [-0.2, 0) is 4.79 Å². The van der Waals surface area contributed by atoms with E-state index in [9.17, 15) is 4.79 Å². The second kappa shape index (κ2) is 5.73. The van der Waals surface area contributed by atoms with E-state index in [-0.39, 0.29) is 6.04 Å². The van der Waals surface area contributed by atoms with Gasteiger partial charge in [0.05, 0.1) is 12.1 Å². The Labute approximate surface area is 130 Å². The third kappa shape index (κ3) is 2.53. The zero-order chi connectivity index (χ0) is 14.2. The number of hydrogen-bond acceptors (Lipinski definition) is 3. The molecule has 3 aliphatic rings. The van der Waals surface area contributed by atoms with Gasteiger partial charge in [-0.1, -0.05) is 12.8 Å². The molecule has 0 spiro atoms. The van der Waals surface area contributed by atoms with E-state index in [0.717, 1.165) is 31.7 Å². The predicted octanol–water partition coefficient (Wildman–Crippen LogP) is 3.33. The van der Waals surface area contributed by atoms with E-state index in [0.29, 0.717) is 18.0 Å². The first kappa shape index (κ1) is 13.8. The molecule has 4 unspecified atom stereocenters. The number of nitrogens with zero attached hydrogens (tertiary/aromatic N) is 1. The normalized spacial score (nSPS) is 35.9. The molecule has 0 aromatic carbocycles. The van der Waals surface area contributed by atoms with Gasteiger partial charge in [0, 0.05) is 12.6 Å². The van der Waals surface area contributed by atoms with Gasteiger partial charge < -0.3 is 10.2 Å². The van der Waals surface area contributed by atoms with Crippen LogP contribution >= 0.6 is 11.3 Å². The highest BCUT2D eigenvalue weighted by atomic mass is 32.1. The lowest BCUT2D eigenvalue weighted by molar-refractivity contribution is -0.134. The molecule has 2 saturated heterocycles. The molecule has 1 amide bonds. The van der Waals surface area contributed by atoms with Gasteiger partial charge in [-0.05, 0) is 60.4 Å². The zero-order valence-corrected chi connectivity index (χ0v) is 13.3. The molecule has 2 aliphatic heterocycles. The van der Waals surface area contributed by atoms with Crippen LogP contribution in [0.25, 0.3) is 0 Å². The Bertz CT molecular complexity index is 487. The lowest BCUT2D eigenvalue weighted by Gasteiger charge is -2.27. The monoisotopic (exact) mass is 304 g/mol. The highest BCUT2D eigenvalue weighted by Gasteiger charge is 2.42. The van der Waals surface area contributed by atoms with Gasteiger partial charge in [-0.25, -0.2) is 0 Å². The van der Waals surface area contributed by atoms with Crippen LogP contribution < -0.4 is 5.32 Å². The van der Waals surface area contributed by atoms with Gasteiger partial charge in [0.15, 0.2) is 0 Å². The Kier molecular flexibility index (Phi) is 3.76. The Hall–Kier alpha value is -0.870. The Morgan fingerprint density at radius 2 is 2.14 bits per heavy atom. The second-order valence-electron chi connectivity index (χ2n) is 6.85. The van der Waals surface area contributed by atoms with Crippen molar-refractivity contribution in [3.63, 3.8) is 0 Å². The number of rotatable bonds is 2. The summed E-state index contributed by atoms with van der Waals surface area (Å²) in [5.41, 5.74) is 1.33. The van der Waals surface area contributed by atoms with Crippen molar-refractivity contribution in [3.05, 3.63) is 22.4 Å². The Morgan fingerprint density at radius 1 is 1.24 bits per heavy atom. The van der Waals surface area contributed by atoms with Crippen molar-refractivity contribution in [2.75, 3.05) is 6.54 Å². The Morgan fingerprint density at radius 3 is 2.95 bits per heavy atom. The van der Waals surface area contributed by atoms with Crippen molar-refractivity contribution in [3.8, 4) is 0 Å². The lowest BCUT2D eigenvalue weighted by atomic mass is 9.85. The van der Waals surface area contributed by atoms with Crippen molar-refractivity contribution in [2.24, 2.45) is 5.92 Å². The van der Waals surface area contributed by atoms with Gasteiger partial charge in [0.25, 0.3) is 0 Å². The Balaban J connectivity index is 1.47. The number of amides is 1. The number of carbonyl (C=O) groups is 1. The maximum absolute atomic E-state index is 13.0. The SMILES string of the molecule is O=C(C1CC2CCCCC2N1)N1CCCC1c1ccsc1. The fraction of sp³-hybridized carbons (Fsp3) is 0.706. The minimum absolute atomic E-state index is 0.0809. The molecule has 3 heterocycles. The van der Waals surface area contributed by atoms with Crippen LogP contribution in [0.5, 0.6) is 0 Å². The van der Waals surface area contributed by atoms with E-state index in [1.165, 1.54) is 31.2 Å². The molecule has 4 atom stereocenters. The van der Waals surface area contributed by atoms with Crippen LogP contribution in [0.2, 0.25) is 0 Å². The topological polar surface area (TPSA) is 32.3 Å². The zero-order valence-electron chi connectivity index (χ0n) is 12.5. The largest absolute Gasteiger partial charge is 0.334 e. The molecule has 1 saturated carbocycles. The summed E-state index contributed by atoms with van der Waals surface area (Å²) in [6.45, 7) is 0.937. The molecular formula is C17H24N2OS. The van der Waals surface area contributed by atoms with Crippen LogP contribution in [0.3, 0.4) is 0 Å². The van der Waals surface area contributed by atoms with Gasteiger partial charge in [-0.2, -0.15) is 11.3 Å². The molecule has 114 valence electrons. The molecule has 0 bridgehead atoms. The average Bonchev–Trinajstić information content (AvgIpc) is 3.23. The minimum atomic E-state index is 0.0809. The minimum Gasteiger partial charge on any atom is -0.334 e. The van der Waals surface area contributed by atoms with Crippen molar-refractivity contribution < 1.29 is 4.79 Å². The summed E-state index contributed by atoms with van der Waals surface area (Å²) in [6, 6.07) is 3.20. The quantitative estimate of drug-likeness (QED) is 0.909. The van der Waals surface area contributed by atoms with Crippen LogP contribution in [0.4, 0.5) is 0 Å². The van der Waals surface area contributed by atoms with E-state index in [2.05, 4.69) is 27.0 Å². The van der Waals surface area contributed by atoms with Crippen molar-refractivity contribution in [1.82, 2.24) is 10.2 Å². The van der Waals surface area contributed by atoms with Crippen LogP contribution in [0.1, 0.15) is 56.6 Å². The number of likely N-dealkylation sites (tertiary alicyclic amines) is 1. The molecule has 4 heteroatoms. The predicted molar refractivity (Wildman–Crippen MR) is 85.3 cm³/mol. The van der Waals surface area contributed by atoms with Gasteiger partial charge in [-0.15, -0.1) is 0 Å². The summed E-state index contributed by atoms with van der Waals surface area (Å²) in [4.78, 5) is 15.1. The van der Waals surface area contributed by atoms with Crippen LogP contribution in [-0.4, -0.2) is 29.4 Å². The van der Waals surface area contributed by atoms with Crippen molar-refractivity contribution in [2.45, 2.75) is 63.1 Å². The van der Waals surface area contributed by atoms with Crippen molar-refractivity contribution in [1.29, 1.82) is 0 Å². The molecule has 1 N–H and O–H groups in total. The van der Waals surface area contributed by atoms with E-state index in [1.807, 2.05) is 0 Å². The summed E-state index contributed by atoms with van der Waals surface area (Å²) >= 11 is 1.74. The highest BCUT2D eigenvalue weighted by molar-refractivity contribution is 7.07. The molecule has 1 aromatic heterocycles. The number of carbonyl (C=O) groups excluding carboxylic acids is 1. The van der Waals surface area contributed by atoms with E-state index in [1.54, 1.807) is 11.3 Å². The highest BCUT2D eigenvalue weighted by Crippen LogP contribution is 2.37. The van der Waals surface area contributed by atoms with Crippen LogP contribution in [0.15, 0.2) is 16.8 Å². The third-order valence-electron chi connectivity index (χ3n) is 5.62. The molecule has 4 rings (SSSR count). The van der Waals surface area contributed by atoms with Gasteiger partial charge in [-0.3, -0.25) is 4.79 Å². The first-order valence-electron chi connectivity index (χ1n) is 8.41. The maximum Gasteiger partial charge on any atom is 0.240 e. The summed E-state index contributed by atoms with van der Waals surface area (Å²) in [6.07, 6.45) is 8.60. The molecule has 1 aliphatic carbocycles. The van der Waals surface area contributed by atoms with Gasteiger partial charge in [0.1, 0.15) is 0 Å². The fourth-order valence-corrected chi connectivity index (χ4v) is 5.26. The third-order valence-corrected chi connectivity index (χ3v) is 6.33. The molecule has 3 nitrogen and oxygen atoms in total. The van der Waals surface area contributed by atoms with Crippen LogP contribution in [0, 0.1) is 5.92 Å². The molecular weight excluding hydrogens is 280 g/mol. The first-order valence-corrected chi connectivity index (χ1v) is 9.36. The molecule has 3 fully saturated rings. The summed E-state index contributed by atoms with van der Waals surface area (Å²) in [7, 11) is 0. The van der Waals surface area contributed by atoms with Gasteiger partial charge in [0.2, 0.25) is 5.91 Å². The number of nitrogens with one attached hydrogen (secondary N) is 1. The van der Waals surface area contributed by atoms with Gasteiger partial charge >= 0.3 is 0 Å². The number of fused-ring (bicyclic) bond motifs is 1. The molecule has 0 radical (unpaired) electrons. The standard InChI is InChI=1S/C17H24N2OS/c20-17(15-10-12-4-1-2-5-14(12)18-15)19-8-3-6-16(19)13-7-9-21-11-13/h7,9,11-12,14-16,18H,1-6,8,10H2. The van der Waals surface area contributed by atoms with E-state index < -0.39 is 0 Å². The molecule has 1 aromatic rings. The van der Waals surface area contributed by atoms with E-state index >= 15 is 0 Å². The molecule has 21 heavy (non-hydrogen) atoms. The maximum atomic E-state index is 13.0. The first-order chi connectivity index (χ1) is 10.3. The lowest BCUT2D eigenvalue weighted by Crippen LogP contribution is -2.45. The number of hydrogen-bond donors (Lipinski definition) is 1. The summed E-state index contributed by atoms with van der Waals surface area (Å²) in [5.74, 6) is 1.10. The van der Waals surface area contributed by atoms with Crippen molar-refractivity contribution >= 4 is 17.2 Å². The summed E-state index contributed by atoms with van der Waals surface area (Å²) < 4.78 is 0. The smallest absolute Gasteiger partial charge is 0.240 e. The fourth-order valence-electron chi connectivity index (χ4n) is 4.55. The summed E-state index contributed by atoms with van der Waals surface area (Å²) in [5, 5.41) is 7.98.